The van der Waals surface area contributed by atoms with E-state index in [0.717, 1.165) is 18.9 Å². The maximum Gasteiger partial charge on any atom is 0.407 e. The lowest BCUT2D eigenvalue weighted by molar-refractivity contribution is 0.0529. The Labute approximate surface area is 156 Å². The first-order chi connectivity index (χ1) is 12.3. The van der Waals surface area contributed by atoms with Crippen molar-refractivity contribution in [3.8, 4) is 0 Å². The predicted octanol–water partition coefficient (Wildman–Crippen LogP) is 2.93. The van der Waals surface area contributed by atoms with Crippen LogP contribution in [0.5, 0.6) is 0 Å². The van der Waals surface area contributed by atoms with Crippen molar-refractivity contribution in [3.63, 3.8) is 0 Å². The smallest absolute Gasteiger partial charge is 0.407 e. The van der Waals surface area contributed by atoms with Gasteiger partial charge in [-0.1, -0.05) is 24.3 Å². The summed E-state index contributed by atoms with van der Waals surface area (Å²) >= 11 is 0. The van der Waals surface area contributed by atoms with E-state index in [1.807, 2.05) is 27.7 Å². The monoisotopic (exact) mass is 360 g/mol. The maximum absolute atomic E-state index is 11.6. The van der Waals surface area contributed by atoms with E-state index in [4.69, 9.17) is 4.74 Å². The van der Waals surface area contributed by atoms with Crippen molar-refractivity contribution in [2.45, 2.75) is 58.6 Å². The quantitative estimate of drug-likeness (QED) is 0.414. The fraction of sp³-hybridized carbons (Fsp3) is 0.600. The molecule has 0 aliphatic heterocycles. The summed E-state index contributed by atoms with van der Waals surface area (Å²) in [6.07, 6.45) is 0.707. The molecule has 1 aromatic carbocycles. The molecule has 6 heteroatoms. The van der Waals surface area contributed by atoms with Crippen molar-refractivity contribution in [1.82, 2.24) is 16.0 Å². The second-order valence-electron chi connectivity index (χ2n) is 7.64. The topological polar surface area (TPSA) is 74.8 Å². The number of alkyl carbamates (subject to hydrolysis) is 1. The third-order valence-corrected chi connectivity index (χ3v) is 4.09. The van der Waals surface area contributed by atoms with Gasteiger partial charge in [-0.3, -0.25) is 4.99 Å². The van der Waals surface area contributed by atoms with E-state index >= 15 is 0 Å². The normalized spacial score (nSPS) is 19.7. The molecule has 0 aromatic heterocycles. The zero-order valence-electron chi connectivity index (χ0n) is 16.6. The number of nitrogens with one attached hydrogen (secondary N) is 3. The van der Waals surface area contributed by atoms with Gasteiger partial charge in [-0.2, -0.15) is 0 Å². The van der Waals surface area contributed by atoms with Crippen molar-refractivity contribution in [1.29, 1.82) is 0 Å². The number of benzene rings is 1. The highest BCUT2D eigenvalue weighted by Gasteiger charge is 2.39. The summed E-state index contributed by atoms with van der Waals surface area (Å²) < 4.78 is 5.21. The Hall–Kier alpha value is -2.24. The molecule has 1 saturated carbocycles. The number of aliphatic imine (C=N–C) groups is 1. The third kappa shape index (κ3) is 6.58. The molecule has 0 saturated heterocycles. The van der Waals surface area contributed by atoms with Crippen LogP contribution in [0.4, 0.5) is 4.79 Å². The predicted molar refractivity (Wildman–Crippen MR) is 106 cm³/mol. The molecule has 1 aliphatic rings. The molecule has 1 amide bonds. The molecule has 0 spiro atoms. The minimum Gasteiger partial charge on any atom is -0.444 e. The fourth-order valence-corrected chi connectivity index (χ4v) is 2.84. The van der Waals surface area contributed by atoms with E-state index in [1.165, 1.54) is 11.1 Å². The lowest BCUT2D eigenvalue weighted by Gasteiger charge is -2.19. The van der Waals surface area contributed by atoms with Gasteiger partial charge in [0, 0.05) is 25.0 Å². The summed E-state index contributed by atoms with van der Waals surface area (Å²) in [7, 11) is 0. The van der Waals surface area contributed by atoms with Crippen molar-refractivity contribution >= 4 is 12.1 Å². The number of carbonyl (C=O) groups is 1. The number of hydrogen-bond donors (Lipinski definition) is 3. The van der Waals surface area contributed by atoms with Crippen LogP contribution in [0.15, 0.2) is 29.3 Å². The van der Waals surface area contributed by atoms with E-state index in [2.05, 4.69) is 52.1 Å². The van der Waals surface area contributed by atoms with E-state index in [0.29, 0.717) is 25.0 Å². The van der Waals surface area contributed by atoms with Crippen LogP contribution >= 0.6 is 0 Å². The Balaban J connectivity index is 1.79. The highest BCUT2D eigenvalue weighted by atomic mass is 16.6. The number of amides is 1. The van der Waals surface area contributed by atoms with Crippen LogP contribution in [-0.2, 0) is 4.74 Å². The van der Waals surface area contributed by atoms with Crippen LogP contribution in [0, 0.1) is 6.92 Å². The van der Waals surface area contributed by atoms with Gasteiger partial charge in [0.15, 0.2) is 5.96 Å². The summed E-state index contributed by atoms with van der Waals surface area (Å²) in [6, 6.07) is 8.95. The minimum absolute atomic E-state index is 0.410. The molecular weight excluding hydrogens is 328 g/mol. The highest BCUT2D eigenvalue weighted by molar-refractivity contribution is 5.80. The summed E-state index contributed by atoms with van der Waals surface area (Å²) in [6.45, 7) is 11.5. The van der Waals surface area contributed by atoms with E-state index in [9.17, 15) is 4.79 Å². The molecule has 2 unspecified atom stereocenters. The minimum atomic E-state index is -0.486. The SMILES string of the molecule is CCNC(=NCCNC(=O)OC(C)(C)C)NC1CC1c1ccccc1C. The Bertz CT molecular complexity index is 637. The Kier molecular flexibility index (Phi) is 6.89. The molecule has 0 bridgehead atoms. The van der Waals surface area contributed by atoms with Gasteiger partial charge in [0.2, 0.25) is 0 Å². The third-order valence-electron chi connectivity index (χ3n) is 4.09. The number of nitrogens with zero attached hydrogens (tertiary/aromatic N) is 1. The van der Waals surface area contributed by atoms with Gasteiger partial charge in [0.1, 0.15) is 5.60 Å². The van der Waals surface area contributed by atoms with Crippen molar-refractivity contribution in [3.05, 3.63) is 35.4 Å². The second kappa shape index (κ2) is 8.92. The standard InChI is InChI=1S/C20H32N4O2/c1-6-21-18(22-11-12-23-19(25)26-20(3,4)5)24-17-13-16(17)15-10-8-7-9-14(15)2/h7-10,16-17H,6,11-13H2,1-5H3,(H,23,25)(H2,21,22,24). The highest BCUT2D eigenvalue weighted by Crippen LogP contribution is 2.41. The zero-order chi connectivity index (χ0) is 19.2. The van der Waals surface area contributed by atoms with Crippen molar-refractivity contribution in [2.24, 2.45) is 4.99 Å². The van der Waals surface area contributed by atoms with Gasteiger partial charge < -0.3 is 20.7 Å². The first-order valence-electron chi connectivity index (χ1n) is 9.37. The number of hydrogen-bond acceptors (Lipinski definition) is 3. The summed E-state index contributed by atoms with van der Waals surface area (Å²) in [5.41, 5.74) is 2.26. The molecule has 2 atom stereocenters. The van der Waals surface area contributed by atoms with E-state index in [1.54, 1.807) is 0 Å². The number of rotatable bonds is 6. The molecule has 1 aliphatic carbocycles. The molecule has 0 heterocycles. The van der Waals surface area contributed by atoms with Crippen LogP contribution in [0.2, 0.25) is 0 Å². The average molecular weight is 361 g/mol. The Morgan fingerprint density at radius 3 is 2.65 bits per heavy atom. The van der Waals surface area contributed by atoms with E-state index in [-0.39, 0.29) is 0 Å². The van der Waals surface area contributed by atoms with Gasteiger partial charge in [-0.15, -0.1) is 0 Å². The Morgan fingerprint density at radius 1 is 1.27 bits per heavy atom. The molecular formula is C20H32N4O2. The van der Waals surface area contributed by atoms with Gasteiger partial charge in [-0.25, -0.2) is 4.79 Å². The number of carbonyl (C=O) groups excluding carboxylic acids is 1. The van der Waals surface area contributed by atoms with E-state index < -0.39 is 11.7 Å². The van der Waals surface area contributed by atoms with Crippen molar-refractivity contribution < 1.29 is 9.53 Å². The number of aryl methyl sites for hydroxylation is 1. The van der Waals surface area contributed by atoms with Gasteiger partial charge in [0.25, 0.3) is 0 Å². The first kappa shape index (κ1) is 20.1. The summed E-state index contributed by atoms with van der Waals surface area (Å²) in [5, 5.41) is 9.47. The van der Waals surface area contributed by atoms with Crippen LogP contribution in [0.3, 0.4) is 0 Å². The van der Waals surface area contributed by atoms with Crippen LogP contribution < -0.4 is 16.0 Å². The zero-order valence-corrected chi connectivity index (χ0v) is 16.6. The van der Waals surface area contributed by atoms with Crippen LogP contribution in [0.1, 0.15) is 51.2 Å². The largest absolute Gasteiger partial charge is 0.444 e. The van der Waals surface area contributed by atoms with Crippen LogP contribution in [-0.4, -0.2) is 43.3 Å². The molecule has 2 rings (SSSR count). The second-order valence-corrected chi connectivity index (χ2v) is 7.64. The lowest BCUT2D eigenvalue weighted by Crippen LogP contribution is -2.40. The van der Waals surface area contributed by atoms with Crippen LogP contribution in [0.25, 0.3) is 0 Å². The number of ether oxygens (including phenoxy) is 1. The molecule has 144 valence electrons. The molecule has 6 nitrogen and oxygen atoms in total. The van der Waals surface area contributed by atoms with Gasteiger partial charge >= 0.3 is 6.09 Å². The molecule has 1 aromatic rings. The summed E-state index contributed by atoms with van der Waals surface area (Å²) in [4.78, 5) is 16.2. The molecule has 0 radical (unpaired) electrons. The first-order valence-corrected chi connectivity index (χ1v) is 9.37. The van der Waals surface area contributed by atoms with Crippen molar-refractivity contribution in [2.75, 3.05) is 19.6 Å². The van der Waals surface area contributed by atoms with Gasteiger partial charge in [0.05, 0.1) is 6.54 Å². The maximum atomic E-state index is 11.6. The van der Waals surface area contributed by atoms with Gasteiger partial charge in [-0.05, 0) is 52.2 Å². The summed E-state index contributed by atoms with van der Waals surface area (Å²) in [5.74, 6) is 1.33. The molecule has 3 N–H and O–H groups in total. The molecule has 26 heavy (non-hydrogen) atoms. The lowest BCUT2D eigenvalue weighted by atomic mass is 10.0. The Morgan fingerprint density at radius 2 is 2.00 bits per heavy atom. The molecule has 1 fully saturated rings. The average Bonchev–Trinajstić information content (AvgIpc) is 3.29. The fourth-order valence-electron chi connectivity index (χ4n) is 2.84. The number of guanidine groups is 1.